The zero-order valence-electron chi connectivity index (χ0n) is 24.2. The molecule has 2 fully saturated rings. The highest BCUT2D eigenvalue weighted by Crippen LogP contribution is 2.30. The molecule has 2 atom stereocenters. The van der Waals surface area contributed by atoms with Crippen LogP contribution in [0.15, 0.2) is 36.7 Å². The molecule has 14 nitrogen and oxygen atoms in total. The Morgan fingerprint density at radius 3 is 2.70 bits per heavy atom. The van der Waals surface area contributed by atoms with E-state index in [0.29, 0.717) is 55.5 Å². The summed E-state index contributed by atoms with van der Waals surface area (Å²) < 4.78 is 31.2. The normalized spacial score (nSPS) is 19.3. The summed E-state index contributed by atoms with van der Waals surface area (Å²) in [6.45, 7) is 2.45. The van der Waals surface area contributed by atoms with Crippen molar-refractivity contribution >= 4 is 17.8 Å². The van der Waals surface area contributed by atoms with Crippen molar-refractivity contribution in [3.8, 4) is 17.1 Å². The largest absolute Gasteiger partial charge is 0.480 e. The minimum absolute atomic E-state index is 0.00767. The van der Waals surface area contributed by atoms with E-state index in [1.54, 1.807) is 43.6 Å². The summed E-state index contributed by atoms with van der Waals surface area (Å²) in [5.41, 5.74) is 1.89. The highest BCUT2D eigenvalue weighted by atomic mass is 19.1. The minimum Gasteiger partial charge on any atom is -0.480 e. The van der Waals surface area contributed by atoms with Gasteiger partial charge in [-0.25, -0.2) is 14.8 Å². The monoisotopic (exact) mass is 598 g/mol. The number of anilines is 1. The van der Waals surface area contributed by atoms with E-state index in [-0.39, 0.29) is 23.4 Å². The summed E-state index contributed by atoms with van der Waals surface area (Å²) in [5.74, 6) is -0.338. The van der Waals surface area contributed by atoms with Crippen LogP contribution in [0.4, 0.5) is 15.0 Å². The number of carbonyl (C=O) groups excluding carboxylic acids is 2. The summed E-state index contributed by atoms with van der Waals surface area (Å²) in [6.07, 6.45) is 3.75. The first-order valence-electron chi connectivity index (χ1n) is 13.9. The van der Waals surface area contributed by atoms with Gasteiger partial charge in [-0.1, -0.05) is 0 Å². The maximum Gasteiger partial charge on any atom is 0.320 e. The Bertz CT molecular complexity index is 1430. The summed E-state index contributed by atoms with van der Waals surface area (Å²) in [5, 5.41) is 14.9. The number of ether oxygens (including phenoxy) is 3. The number of pyridine rings is 2. The highest BCUT2D eigenvalue weighted by molar-refractivity contribution is 5.97. The standard InChI is InChI=1S/C28H35FN8O6/c1-36-24(34-28(39)33-22-16-37(8-11-40-2)43-25(22)17-4-7-30-23(29)13-17)14-21(35-36)18-12-20(27(41-3)31-15-18)26(38)32-19-5-9-42-10-6-19/h4,7,12-15,19,22,25H,5-6,8-11,16H2,1-3H3,(H,32,38)(H2,33,34,39)/t22-,25+/m1/s1. The van der Waals surface area contributed by atoms with Crippen molar-refractivity contribution in [1.82, 2.24) is 35.4 Å². The first-order valence-corrected chi connectivity index (χ1v) is 13.9. The van der Waals surface area contributed by atoms with Gasteiger partial charge in [0, 0.05) is 70.5 Å². The van der Waals surface area contributed by atoms with Gasteiger partial charge in [0.15, 0.2) is 0 Å². The molecule has 0 aromatic carbocycles. The van der Waals surface area contributed by atoms with Crippen molar-refractivity contribution in [2.75, 3.05) is 52.4 Å². The molecule has 0 saturated carbocycles. The van der Waals surface area contributed by atoms with Gasteiger partial charge in [-0.05, 0) is 36.6 Å². The van der Waals surface area contributed by atoms with Crippen LogP contribution in [0.3, 0.4) is 0 Å². The maximum absolute atomic E-state index is 13.9. The van der Waals surface area contributed by atoms with E-state index in [9.17, 15) is 14.0 Å². The second-order valence-electron chi connectivity index (χ2n) is 10.2. The Balaban J connectivity index is 1.28. The number of hydrogen-bond donors (Lipinski definition) is 3. The Morgan fingerprint density at radius 2 is 1.95 bits per heavy atom. The molecule has 2 aliphatic heterocycles. The number of aryl methyl sites for hydroxylation is 1. The molecule has 3 amide bonds. The molecular formula is C28H35FN8O6. The lowest BCUT2D eigenvalue weighted by Gasteiger charge is -2.23. The molecule has 0 radical (unpaired) electrons. The van der Waals surface area contributed by atoms with Crippen LogP contribution in [0, 0.1) is 5.95 Å². The zero-order chi connectivity index (χ0) is 30.3. The summed E-state index contributed by atoms with van der Waals surface area (Å²) in [7, 11) is 4.72. The van der Waals surface area contributed by atoms with Crippen LogP contribution in [-0.4, -0.2) is 96.0 Å². The van der Waals surface area contributed by atoms with Crippen LogP contribution in [0.1, 0.15) is 34.9 Å². The minimum atomic E-state index is -0.640. The Hall–Kier alpha value is -4.18. The van der Waals surface area contributed by atoms with Crippen molar-refractivity contribution < 1.29 is 33.0 Å². The predicted molar refractivity (Wildman–Crippen MR) is 152 cm³/mol. The SMILES string of the molecule is COCCN1C[C@@H](NC(=O)Nc2cc(-c3cnc(OC)c(C(=O)NC4CCOCC4)c3)nn2C)[C@H](c2ccnc(F)c2)O1. The lowest BCUT2D eigenvalue weighted by Crippen LogP contribution is -2.42. The number of rotatable bonds is 10. The van der Waals surface area contributed by atoms with Gasteiger partial charge >= 0.3 is 6.03 Å². The number of hydroxylamine groups is 2. The van der Waals surface area contributed by atoms with Crippen LogP contribution < -0.4 is 20.7 Å². The number of nitrogens with one attached hydrogen (secondary N) is 3. The Kier molecular flexibility index (Phi) is 9.76. The van der Waals surface area contributed by atoms with Crippen molar-refractivity contribution in [2.45, 2.75) is 31.0 Å². The number of methoxy groups -OCH3 is 2. The van der Waals surface area contributed by atoms with Gasteiger partial charge in [0.1, 0.15) is 17.5 Å². The summed E-state index contributed by atoms with van der Waals surface area (Å²) in [6, 6.07) is 5.28. The molecule has 5 heterocycles. The third-order valence-corrected chi connectivity index (χ3v) is 7.23. The van der Waals surface area contributed by atoms with E-state index in [1.165, 1.54) is 24.1 Å². The molecule has 43 heavy (non-hydrogen) atoms. The molecule has 0 unspecified atom stereocenters. The van der Waals surface area contributed by atoms with Crippen LogP contribution in [0.5, 0.6) is 5.88 Å². The fraction of sp³-hybridized carbons (Fsp3) is 0.464. The molecule has 230 valence electrons. The average Bonchev–Trinajstić information content (AvgIpc) is 3.58. The van der Waals surface area contributed by atoms with E-state index < -0.39 is 24.1 Å². The zero-order valence-corrected chi connectivity index (χ0v) is 24.2. The second-order valence-corrected chi connectivity index (χ2v) is 10.2. The van der Waals surface area contributed by atoms with Crippen molar-refractivity contribution in [3.63, 3.8) is 0 Å². The van der Waals surface area contributed by atoms with E-state index >= 15 is 0 Å². The Labute approximate surface area is 247 Å². The number of halogens is 1. The van der Waals surface area contributed by atoms with Gasteiger partial charge in [0.25, 0.3) is 5.91 Å². The fourth-order valence-electron chi connectivity index (χ4n) is 5.01. The second kappa shape index (κ2) is 13.9. The van der Waals surface area contributed by atoms with Crippen molar-refractivity contribution in [3.05, 3.63) is 53.7 Å². The molecule has 15 heteroatoms. The molecule has 5 rings (SSSR count). The number of aromatic nitrogens is 4. The van der Waals surface area contributed by atoms with Gasteiger partial charge in [-0.2, -0.15) is 14.6 Å². The average molecular weight is 599 g/mol. The number of carbonyl (C=O) groups is 2. The summed E-state index contributed by atoms with van der Waals surface area (Å²) >= 11 is 0. The fourth-order valence-corrected chi connectivity index (χ4v) is 5.01. The van der Waals surface area contributed by atoms with Gasteiger partial charge in [-0.15, -0.1) is 0 Å². The van der Waals surface area contributed by atoms with Crippen LogP contribution in [0.25, 0.3) is 11.3 Å². The van der Waals surface area contributed by atoms with Crippen LogP contribution >= 0.6 is 0 Å². The van der Waals surface area contributed by atoms with E-state index in [1.807, 2.05) is 0 Å². The quantitative estimate of drug-likeness (QED) is 0.296. The topological polar surface area (TPSA) is 154 Å². The molecular weight excluding hydrogens is 563 g/mol. The number of hydrogen-bond acceptors (Lipinski definition) is 10. The van der Waals surface area contributed by atoms with E-state index in [2.05, 4.69) is 31.0 Å². The van der Waals surface area contributed by atoms with Gasteiger partial charge in [-0.3, -0.25) is 19.6 Å². The lowest BCUT2D eigenvalue weighted by atomic mass is 10.0. The third-order valence-electron chi connectivity index (χ3n) is 7.23. The van der Waals surface area contributed by atoms with E-state index in [0.717, 1.165) is 12.8 Å². The molecule has 3 aromatic rings. The smallest absolute Gasteiger partial charge is 0.320 e. The molecule has 0 bridgehead atoms. The predicted octanol–water partition coefficient (Wildman–Crippen LogP) is 2.06. The third kappa shape index (κ3) is 7.43. The molecule has 3 aromatic heterocycles. The van der Waals surface area contributed by atoms with Crippen LogP contribution in [-0.2, 0) is 21.4 Å². The number of urea groups is 1. The molecule has 2 saturated heterocycles. The number of nitrogens with zero attached hydrogens (tertiary/aromatic N) is 5. The summed E-state index contributed by atoms with van der Waals surface area (Å²) in [4.78, 5) is 40.1. The first-order chi connectivity index (χ1) is 20.8. The molecule has 0 spiro atoms. The van der Waals surface area contributed by atoms with E-state index in [4.69, 9.17) is 19.0 Å². The van der Waals surface area contributed by atoms with Crippen molar-refractivity contribution in [2.24, 2.45) is 7.05 Å². The maximum atomic E-state index is 13.9. The molecule has 0 aliphatic carbocycles. The van der Waals surface area contributed by atoms with Crippen molar-refractivity contribution in [1.29, 1.82) is 0 Å². The molecule has 2 aliphatic rings. The lowest BCUT2D eigenvalue weighted by molar-refractivity contribution is -0.154. The highest BCUT2D eigenvalue weighted by Gasteiger charge is 2.37. The van der Waals surface area contributed by atoms with Crippen LogP contribution in [0.2, 0.25) is 0 Å². The van der Waals surface area contributed by atoms with Gasteiger partial charge < -0.3 is 24.8 Å². The number of amides is 3. The van der Waals surface area contributed by atoms with Gasteiger partial charge in [0.2, 0.25) is 11.8 Å². The Morgan fingerprint density at radius 1 is 1.14 bits per heavy atom. The van der Waals surface area contributed by atoms with Gasteiger partial charge in [0.05, 0.1) is 25.5 Å². The molecule has 3 N–H and O–H groups in total. The first kappa shape index (κ1) is 30.3.